The van der Waals surface area contributed by atoms with Crippen molar-refractivity contribution in [2.45, 2.75) is 0 Å². The topological polar surface area (TPSA) is 38.7 Å². The molecule has 4 heteroatoms. The van der Waals surface area contributed by atoms with Crippen LogP contribution in [0, 0.1) is 0 Å². The lowest BCUT2D eigenvalue weighted by molar-refractivity contribution is 1.30. The van der Waals surface area contributed by atoms with Gasteiger partial charge in [0.1, 0.15) is 0 Å². The smallest absolute Gasteiger partial charge is 0.0894 e. The Kier molecular flexibility index (Phi) is 2.66. The Morgan fingerprint density at radius 3 is 2.70 bits per heavy atom. The number of fused-ring (bicyclic) bond motifs is 4. The van der Waals surface area contributed by atoms with Gasteiger partial charge in [0.15, 0.2) is 0 Å². The van der Waals surface area contributed by atoms with Gasteiger partial charge in [-0.1, -0.05) is 24.3 Å². The van der Waals surface area contributed by atoms with Gasteiger partial charge in [-0.25, -0.2) is 4.98 Å². The van der Waals surface area contributed by atoms with Gasteiger partial charge in [0, 0.05) is 34.7 Å². The van der Waals surface area contributed by atoms with Gasteiger partial charge >= 0.3 is 0 Å². The Bertz CT molecular complexity index is 1180. The number of nitrogens with zero attached hydrogens (tertiary/aromatic N) is 3. The van der Waals surface area contributed by atoms with E-state index in [1.54, 1.807) is 11.3 Å². The molecule has 23 heavy (non-hydrogen) atoms. The highest BCUT2D eigenvalue weighted by Gasteiger charge is 2.09. The lowest BCUT2D eigenvalue weighted by atomic mass is 10.1. The molecule has 0 saturated heterocycles. The molecule has 0 aliphatic rings. The first-order chi connectivity index (χ1) is 11.4. The van der Waals surface area contributed by atoms with E-state index in [-0.39, 0.29) is 0 Å². The second-order valence-electron chi connectivity index (χ2n) is 5.43. The van der Waals surface area contributed by atoms with Crippen LogP contribution in [0.2, 0.25) is 0 Å². The van der Waals surface area contributed by atoms with Crippen LogP contribution in [-0.4, -0.2) is 15.0 Å². The van der Waals surface area contributed by atoms with E-state index in [2.05, 4.69) is 34.2 Å². The summed E-state index contributed by atoms with van der Waals surface area (Å²) in [6.45, 7) is 0. The zero-order valence-corrected chi connectivity index (χ0v) is 12.9. The van der Waals surface area contributed by atoms with Crippen molar-refractivity contribution in [1.29, 1.82) is 0 Å². The summed E-state index contributed by atoms with van der Waals surface area (Å²) in [4.78, 5) is 13.6. The third-order valence-electron chi connectivity index (χ3n) is 4.02. The molecule has 0 saturated carbocycles. The molecule has 0 aliphatic carbocycles. The van der Waals surface area contributed by atoms with Crippen LogP contribution in [0.5, 0.6) is 0 Å². The molecule has 0 aliphatic heterocycles. The number of pyridine rings is 3. The lowest BCUT2D eigenvalue weighted by Gasteiger charge is -2.03. The third kappa shape index (κ3) is 1.99. The molecule has 0 spiro atoms. The largest absolute Gasteiger partial charge is 0.263 e. The second kappa shape index (κ2) is 4.83. The summed E-state index contributed by atoms with van der Waals surface area (Å²) in [5, 5.41) is 3.58. The molecule has 4 aromatic heterocycles. The highest BCUT2D eigenvalue weighted by Crippen LogP contribution is 2.34. The van der Waals surface area contributed by atoms with E-state index in [0.29, 0.717) is 0 Å². The van der Waals surface area contributed by atoms with Crippen molar-refractivity contribution in [2.24, 2.45) is 0 Å². The van der Waals surface area contributed by atoms with Crippen LogP contribution in [-0.2, 0) is 0 Å². The minimum atomic E-state index is 0.902. The predicted molar refractivity (Wildman–Crippen MR) is 95.7 cm³/mol. The van der Waals surface area contributed by atoms with Crippen LogP contribution in [0.1, 0.15) is 0 Å². The SMILES string of the molecule is c1ccc2nc(-c3cc4c(cn3)sc3cnccc34)ccc2c1. The van der Waals surface area contributed by atoms with Crippen LogP contribution in [0.3, 0.4) is 0 Å². The normalized spacial score (nSPS) is 11.5. The molecule has 0 N–H and O–H groups in total. The molecule has 0 fully saturated rings. The van der Waals surface area contributed by atoms with Gasteiger partial charge in [0.25, 0.3) is 0 Å². The third-order valence-corrected chi connectivity index (χ3v) is 5.11. The maximum Gasteiger partial charge on any atom is 0.0894 e. The Morgan fingerprint density at radius 1 is 0.783 bits per heavy atom. The van der Waals surface area contributed by atoms with Gasteiger partial charge < -0.3 is 0 Å². The maximum atomic E-state index is 4.75. The lowest BCUT2D eigenvalue weighted by Crippen LogP contribution is -1.87. The van der Waals surface area contributed by atoms with Gasteiger partial charge in [-0.15, -0.1) is 11.3 Å². The Balaban J connectivity index is 1.76. The molecule has 1 aromatic carbocycles. The van der Waals surface area contributed by atoms with Crippen molar-refractivity contribution < 1.29 is 0 Å². The van der Waals surface area contributed by atoms with Crippen molar-refractivity contribution in [3.8, 4) is 11.4 Å². The zero-order chi connectivity index (χ0) is 15.2. The number of rotatable bonds is 1. The summed E-state index contributed by atoms with van der Waals surface area (Å²) in [7, 11) is 0. The molecule has 5 rings (SSSR count). The number of benzene rings is 1. The van der Waals surface area contributed by atoms with E-state index in [0.717, 1.165) is 22.3 Å². The maximum absolute atomic E-state index is 4.75. The van der Waals surface area contributed by atoms with E-state index < -0.39 is 0 Å². The summed E-state index contributed by atoms with van der Waals surface area (Å²) in [6, 6.07) is 16.5. The van der Waals surface area contributed by atoms with Crippen LogP contribution in [0.25, 0.3) is 42.5 Å². The molecule has 5 aromatic rings. The Morgan fingerprint density at radius 2 is 1.70 bits per heavy atom. The van der Waals surface area contributed by atoms with Crippen molar-refractivity contribution in [2.75, 3.05) is 0 Å². The van der Waals surface area contributed by atoms with Gasteiger partial charge in [-0.05, 0) is 24.3 Å². The molecule has 0 bridgehead atoms. The van der Waals surface area contributed by atoms with Gasteiger partial charge in [0.2, 0.25) is 0 Å². The molecule has 0 radical (unpaired) electrons. The first kappa shape index (κ1) is 12.7. The molecule has 0 amide bonds. The molecule has 0 atom stereocenters. The fourth-order valence-electron chi connectivity index (χ4n) is 2.89. The van der Waals surface area contributed by atoms with Crippen molar-refractivity contribution in [1.82, 2.24) is 15.0 Å². The molecule has 4 heterocycles. The number of hydrogen-bond acceptors (Lipinski definition) is 4. The summed E-state index contributed by atoms with van der Waals surface area (Å²) in [5.41, 5.74) is 2.80. The number of hydrogen-bond donors (Lipinski definition) is 0. The Hall–Kier alpha value is -2.85. The number of thiophene rings is 1. The first-order valence-electron chi connectivity index (χ1n) is 7.37. The minimum Gasteiger partial charge on any atom is -0.263 e. The highest BCUT2D eigenvalue weighted by molar-refractivity contribution is 7.25. The van der Waals surface area contributed by atoms with Crippen LogP contribution < -0.4 is 0 Å². The number of para-hydroxylation sites is 1. The van der Waals surface area contributed by atoms with Crippen molar-refractivity contribution in [3.05, 3.63) is 67.1 Å². The molecular formula is C19H11N3S. The standard InChI is InChI=1S/C19H11N3S/c1-2-4-15-12(3-1)5-6-16(22-15)17-9-14-13-7-8-20-10-18(13)23-19(14)11-21-17/h1-11H. The quantitative estimate of drug-likeness (QED) is 0.434. The molecular weight excluding hydrogens is 302 g/mol. The van der Waals surface area contributed by atoms with Gasteiger partial charge in [-0.2, -0.15) is 0 Å². The fourth-order valence-corrected chi connectivity index (χ4v) is 3.91. The van der Waals surface area contributed by atoms with Gasteiger partial charge in [0.05, 0.1) is 26.3 Å². The minimum absolute atomic E-state index is 0.902. The monoisotopic (exact) mass is 313 g/mol. The summed E-state index contributed by atoms with van der Waals surface area (Å²) >= 11 is 1.72. The zero-order valence-electron chi connectivity index (χ0n) is 12.1. The summed E-state index contributed by atoms with van der Waals surface area (Å²) < 4.78 is 2.37. The van der Waals surface area contributed by atoms with Crippen molar-refractivity contribution in [3.63, 3.8) is 0 Å². The number of aromatic nitrogens is 3. The van der Waals surface area contributed by atoms with Crippen LogP contribution in [0.4, 0.5) is 0 Å². The average molecular weight is 313 g/mol. The predicted octanol–water partition coefficient (Wildman–Crippen LogP) is 5.06. The van der Waals surface area contributed by atoms with Crippen LogP contribution in [0.15, 0.2) is 67.1 Å². The Labute approximate surface area is 136 Å². The summed E-state index contributed by atoms with van der Waals surface area (Å²) in [5.74, 6) is 0. The average Bonchev–Trinajstić information content (AvgIpc) is 2.99. The highest BCUT2D eigenvalue weighted by atomic mass is 32.1. The van der Waals surface area contributed by atoms with Crippen molar-refractivity contribution >= 4 is 42.4 Å². The van der Waals surface area contributed by atoms with E-state index >= 15 is 0 Å². The molecule has 108 valence electrons. The van der Waals surface area contributed by atoms with E-state index in [9.17, 15) is 0 Å². The first-order valence-corrected chi connectivity index (χ1v) is 8.18. The van der Waals surface area contributed by atoms with E-state index in [4.69, 9.17) is 4.98 Å². The summed E-state index contributed by atoms with van der Waals surface area (Å²) in [6.07, 6.45) is 5.68. The van der Waals surface area contributed by atoms with Crippen LogP contribution >= 0.6 is 11.3 Å². The van der Waals surface area contributed by atoms with Gasteiger partial charge in [-0.3, -0.25) is 9.97 Å². The fraction of sp³-hybridized carbons (Fsp3) is 0. The second-order valence-corrected chi connectivity index (χ2v) is 6.51. The van der Waals surface area contributed by atoms with E-state index in [1.807, 2.05) is 42.9 Å². The van der Waals surface area contributed by atoms with E-state index in [1.165, 1.54) is 20.2 Å². The molecule has 0 unspecified atom stereocenters. The molecule has 3 nitrogen and oxygen atoms in total.